The van der Waals surface area contributed by atoms with Gasteiger partial charge in [0.05, 0.1) is 21.8 Å². The Kier molecular flexibility index (Phi) is 6.44. The Balaban J connectivity index is 0.00000289. The van der Waals surface area contributed by atoms with Gasteiger partial charge in [-0.25, -0.2) is 18.6 Å². The van der Waals surface area contributed by atoms with E-state index < -0.39 is 15.4 Å². The van der Waals surface area contributed by atoms with Crippen molar-refractivity contribution >= 4 is 38.4 Å². The number of rotatable bonds is 5. The molecular weight excluding hydrogens is 482 g/mol. The Morgan fingerprint density at radius 1 is 1.12 bits per heavy atom. The van der Waals surface area contributed by atoms with Gasteiger partial charge in [0.1, 0.15) is 5.95 Å². The van der Waals surface area contributed by atoms with Crippen LogP contribution in [0.4, 0.5) is 17.5 Å². The molecule has 1 radical (unpaired) electrons. The van der Waals surface area contributed by atoms with Crippen molar-refractivity contribution in [1.29, 1.82) is 0 Å². The molecule has 1 aromatic carbocycles. The molecule has 0 saturated heterocycles. The van der Waals surface area contributed by atoms with Gasteiger partial charge in [-0.1, -0.05) is 39.0 Å². The van der Waals surface area contributed by atoms with Gasteiger partial charge in [0.2, 0.25) is 10.0 Å². The number of aryl methyl sites for hydroxylation is 1. The van der Waals surface area contributed by atoms with Gasteiger partial charge in [0.25, 0.3) is 0 Å². The number of hydrogen-bond donors (Lipinski definition) is 0. The zero-order valence-corrected chi connectivity index (χ0v) is 19.4. The second kappa shape index (κ2) is 8.77. The Morgan fingerprint density at radius 2 is 1.88 bits per heavy atom. The molecule has 0 aliphatic rings. The smallest absolute Gasteiger partial charge is 0.377 e. The maximum atomic E-state index is 13.3. The van der Waals surface area contributed by atoms with E-state index >= 15 is 0 Å². The fourth-order valence-corrected chi connectivity index (χ4v) is 4.17. The van der Waals surface area contributed by atoms with E-state index in [-0.39, 0.29) is 39.4 Å². The third-order valence-electron chi connectivity index (χ3n) is 4.39. The van der Waals surface area contributed by atoms with Gasteiger partial charge in [-0.05, 0) is 25.0 Å². The molecule has 169 valence electrons. The molecule has 0 aliphatic heterocycles. The predicted octanol–water partition coefficient (Wildman–Crippen LogP) is 3.82. The molecule has 0 fully saturated rings. The van der Waals surface area contributed by atoms with E-state index in [2.05, 4.69) is 40.2 Å². The van der Waals surface area contributed by atoms with Crippen LogP contribution in [-0.4, -0.2) is 33.4 Å². The SMILES string of the molecule is Cn1nc(C(C)(C)C)c(N=Nc2nnc[n-]2)c1[N-]S(=O)(=O)c1cccc2cccnc12.[Cu+2]. The van der Waals surface area contributed by atoms with Gasteiger partial charge in [-0.15, -0.1) is 0 Å². The maximum absolute atomic E-state index is 13.3. The molecule has 0 spiro atoms. The first kappa shape index (κ1) is 23.5. The van der Waals surface area contributed by atoms with Crippen molar-refractivity contribution in [3.63, 3.8) is 0 Å². The average Bonchev–Trinajstić information content (AvgIpc) is 3.34. The first-order chi connectivity index (χ1) is 14.7. The fourth-order valence-electron chi connectivity index (χ4n) is 2.97. The second-order valence-corrected chi connectivity index (χ2v) is 9.32. The maximum Gasteiger partial charge on any atom is 2.00 e. The van der Waals surface area contributed by atoms with Gasteiger partial charge in [0.15, 0.2) is 0 Å². The van der Waals surface area contributed by atoms with Gasteiger partial charge < -0.3 is 19.5 Å². The molecule has 4 aromatic rings. The van der Waals surface area contributed by atoms with Crippen LogP contribution in [0.25, 0.3) is 15.6 Å². The zero-order valence-electron chi connectivity index (χ0n) is 17.6. The number of sulfonamides is 1. The summed E-state index contributed by atoms with van der Waals surface area (Å²) in [6.07, 6.45) is 2.78. The van der Waals surface area contributed by atoms with Gasteiger partial charge in [-0.2, -0.15) is 0 Å². The average molecular weight is 501 g/mol. The topological polar surface area (TPSA) is 144 Å². The van der Waals surface area contributed by atoms with E-state index in [0.29, 0.717) is 16.6 Å². The van der Waals surface area contributed by atoms with Crippen LogP contribution in [0.2, 0.25) is 0 Å². The summed E-state index contributed by atoms with van der Waals surface area (Å²) in [5, 5.41) is 20.6. The molecule has 0 saturated carbocycles. The second-order valence-electron chi connectivity index (χ2n) is 7.75. The Bertz CT molecular complexity index is 1370. The number of hydrogen-bond acceptors (Lipinski definition) is 8. The summed E-state index contributed by atoms with van der Waals surface area (Å²) in [7, 11) is -2.53. The Labute approximate surface area is 195 Å². The Hall–Kier alpha value is -3.15. The molecule has 4 rings (SSSR count). The zero-order chi connectivity index (χ0) is 22.2. The van der Waals surface area contributed by atoms with Crippen molar-refractivity contribution in [2.24, 2.45) is 17.3 Å². The van der Waals surface area contributed by atoms with Crippen LogP contribution in [0.15, 0.2) is 58.0 Å². The minimum absolute atomic E-state index is 0. The van der Waals surface area contributed by atoms with E-state index in [1.165, 1.54) is 23.3 Å². The Morgan fingerprint density at radius 3 is 2.56 bits per heavy atom. The number of fused-ring (bicyclic) bond motifs is 1. The number of aromatic nitrogens is 6. The quantitative estimate of drug-likeness (QED) is 0.299. The molecule has 0 amide bonds. The van der Waals surface area contributed by atoms with E-state index in [0.717, 1.165) is 0 Å². The van der Waals surface area contributed by atoms with Gasteiger partial charge in [0, 0.05) is 23.3 Å². The molecular formula is C19H19CuN9O2S. The van der Waals surface area contributed by atoms with E-state index in [4.69, 9.17) is 0 Å². The molecule has 0 unspecified atom stereocenters. The van der Waals surface area contributed by atoms with E-state index in [1.807, 2.05) is 20.8 Å². The van der Waals surface area contributed by atoms with Crippen LogP contribution in [0.5, 0.6) is 0 Å². The van der Waals surface area contributed by atoms with Crippen molar-refractivity contribution in [1.82, 2.24) is 29.9 Å². The first-order valence-electron chi connectivity index (χ1n) is 9.28. The summed E-state index contributed by atoms with van der Waals surface area (Å²) in [6, 6.07) is 8.44. The van der Waals surface area contributed by atoms with Crippen LogP contribution in [-0.2, 0) is 39.6 Å². The number of azo groups is 1. The number of para-hydroxylation sites is 1. The number of benzene rings is 1. The molecule has 0 N–H and O–H groups in total. The number of nitrogens with zero attached hydrogens (tertiary/aromatic N) is 9. The third-order valence-corrected chi connectivity index (χ3v) is 5.69. The molecule has 3 aromatic heterocycles. The van der Waals surface area contributed by atoms with Crippen LogP contribution in [0, 0.1) is 0 Å². The van der Waals surface area contributed by atoms with Gasteiger partial charge in [-0.3, -0.25) is 15.2 Å². The molecule has 11 nitrogen and oxygen atoms in total. The minimum atomic E-state index is -4.13. The van der Waals surface area contributed by atoms with Crippen molar-refractivity contribution in [2.75, 3.05) is 0 Å². The largest absolute Gasteiger partial charge is 2.00 e. The fraction of sp³-hybridized carbons (Fsp3) is 0.263. The predicted molar refractivity (Wildman–Crippen MR) is 113 cm³/mol. The van der Waals surface area contributed by atoms with E-state index in [9.17, 15) is 8.42 Å². The molecule has 13 heteroatoms. The molecule has 3 heterocycles. The van der Waals surface area contributed by atoms with E-state index in [1.54, 1.807) is 31.3 Å². The monoisotopic (exact) mass is 500 g/mol. The standard InChI is InChI=1S/C19H19N9O2S.Cu/c1-19(2,3)16-15(23-25-18-21-11-22-24-18)17(28(4)26-16)27-31(29,30)13-9-5-7-12-8-6-10-20-14(12)13;/h5-11H,1-4H3;/q-2;+2. The summed E-state index contributed by atoms with van der Waals surface area (Å²) in [5.74, 6) is 0.0943. The first-order valence-corrected chi connectivity index (χ1v) is 10.7. The van der Waals surface area contributed by atoms with Crippen molar-refractivity contribution in [3.05, 3.63) is 53.3 Å². The minimum Gasteiger partial charge on any atom is -0.377 e. The normalized spacial score (nSPS) is 12.2. The molecule has 0 aliphatic carbocycles. The summed E-state index contributed by atoms with van der Waals surface area (Å²) < 4.78 is 32.0. The summed E-state index contributed by atoms with van der Waals surface area (Å²) >= 11 is 0. The summed E-state index contributed by atoms with van der Waals surface area (Å²) in [6.45, 7) is 5.80. The van der Waals surface area contributed by atoms with Crippen LogP contribution in [0.3, 0.4) is 0 Å². The molecule has 32 heavy (non-hydrogen) atoms. The van der Waals surface area contributed by atoms with Crippen LogP contribution >= 0.6 is 0 Å². The molecule has 0 atom stereocenters. The number of pyridine rings is 1. The van der Waals surface area contributed by atoms with Crippen molar-refractivity contribution < 1.29 is 25.5 Å². The third kappa shape index (κ3) is 4.54. The summed E-state index contributed by atoms with van der Waals surface area (Å²) in [4.78, 5) is 8.07. The van der Waals surface area contributed by atoms with Crippen LogP contribution < -0.4 is 4.98 Å². The van der Waals surface area contributed by atoms with Crippen molar-refractivity contribution in [2.45, 2.75) is 31.1 Å². The molecule has 0 bridgehead atoms. The van der Waals surface area contributed by atoms with Crippen molar-refractivity contribution in [3.8, 4) is 0 Å². The van der Waals surface area contributed by atoms with Crippen LogP contribution in [0.1, 0.15) is 26.5 Å². The summed E-state index contributed by atoms with van der Waals surface area (Å²) in [5.41, 5.74) is 0.640. The van der Waals surface area contributed by atoms with Gasteiger partial charge >= 0.3 is 17.1 Å².